The van der Waals surface area contributed by atoms with Gasteiger partial charge in [-0.1, -0.05) is 0 Å². The van der Waals surface area contributed by atoms with Crippen molar-refractivity contribution in [2.75, 3.05) is 44.0 Å². The number of hydrogen-bond acceptors (Lipinski definition) is 9. The minimum atomic E-state index is -3.04. The topological polar surface area (TPSA) is 119 Å². The van der Waals surface area contributed by atoms with E-state index in [0.717, 1.165) is 19.4 Å². The molecular formula is C23H27F2N7O3. The van der Waals surface area contributed by atoms with Gasteiger partial charge >= 0.3 is 6.61 Å². The number of nitrogen functional groups attached to an aromatic ring is 1. The van der Waals surface area contributed by atoms with Gasteiger partial charge in [0, 0.05) is 62.3 Å². The first-order chi connectivity index (χ1) is 16.9. The van der Waals surface area contributed by atoms with Crippen LogP contribution in [0.3, 0.4) is 0 Å². The molecule has 3 N–H and O–H groups in total. The zero-order valence-corrected chi connectivity index (χ0v) is 19.3. The molecule has 4 saturated heterocycles. The van der Waals surface area contributed by atoms with Crippen LogP contribution in [0.4, 0.5) is 20.5 Å². The summed E-state index contributed by atoms with van der Waals surface area (Å²) in [5, 5.41) is 3.49. The third kappa shape index (κ3) is 3.57. The Kier molecular flexibility index (Phi) is 5.26. The maximum Gasteiger partial charge on any atom is 0.387 e. The second kappa shape index (κ2) is 8.23. The van der Waals surface area contributed by atoms with Gasteiger partial charge in [0.15, 0.2) is 11.6 Å². The van der Waals surface area contributed by atoms with Crippen LogP contribution >= 0.6 is 0 Å². The lowest BCUT2D eigenvalue weighted by molar-refractivity contribution is -0.140. The van der Waals surface area contributed by atoms with E-state index in [9.17, 15) is 13.6 Å². The lowest BCUT2D eigenvalue weighted by Gasteiger charge is -2.39. The van der Waals surface area contributed by atoms with Crippen LogP contribution in [0.15, 0.2) is 18.5 Å². The number of rotatable bonds is 7. The number of piperazine rings is 1. The van der Waals surface area contributed by atoms with Crippen molar-refractivity contribution >= 4 is 17.7 Å². The summed E-state index contributed by atoms with van der Waals surface area (Å²) in [6, 6.07) is 1.99. The van der Waals surface area contributed by atoms with E-state index in [2.05, 4.69) is 24.9 Å². The summed E-state index contributed by atoms with van der Waals surface area (Å²) in [4.78, 5) is 30.9. The molecular weight excluding hydrogens is 460 g/mol. The predicted octanol–water partition coefficient (Wildman–Crippen LogP) is 1.37. The molecule has 2 unspecified atom stereocenters. The lowest BCUT2D eigenvalue weighted by Crippen LogP contribution is -2.54. The standard InChI is InChI=1S/C23H27F2N7O3/c1-34-10-18(33)32-9-14-5-23(32,11-29-14)19-16(13-4-17(35-21(24)25)20(26)27-6-13)7-28-22(30-19)31-8-12-2-15(31)3-12/h4,6-7,12,14-15,21,29H,2-3,5,8-11H2,1H3,(H2,26,27). The number of fused-ring (bicyclic) bond motifs is 3. The largest absolute Gasteiger partial charge is 0.431 e. The van der Waals surface area contributed by atoms with Crippen molar-refractivity contribution in [2.24, 2.45) is 5.92 Å². The number of ether oxygens (including phenoxy) is 2. The van der Waals surface area contributed by atoms with Crippen molar-refractivity contribution in [3.8, 4) is 16.9 Å². The van der Waals surface area contributed by atoms with Crippen LogP contribution in [0.1, 0.15) is 25.0 Å². The summed E-state index contributed by atoms with van der Waals surface area (Å²) in [7, 11) is 1.50. The van der Waals surface area contributed by atoms with E-state index in [1.165, 1.54) is 19.4 Å². The van der Waals surface area contributed by atoms with Gasteiger partial charge in [0.25, 0.3) is 0 Å². The Morgan fingerprint density at radius 1 is 1.31 bits per heavy atom. The second-order valence-corrected chi connectivity index (χ2v) is 9.81. The number of methoxy groups -OCH3 is 1. The minimum absolute atomic E-state index is 0.0343. The van der Waals surface area contributed by atoms with E-state index in [4.69, 9.17) is 15.5 Å². The fraction of sp³-hybridized carbons (Fsp3) is 0.565. The van der Waals surface area contributed by atoms with Crippen molar-refractivity contribution in [3.05, 3.63) is 24.2 Å². The van der Waals surface area contributed by atoms with E-state index >= 15 is 0 Å². The van der Waals surface area contributed by atoms with Crippen molar-refractivity contribution in [1.82, 2.24) is 25.2 Å². The number of halogens is 2. The fourth-order valence-electron chi connectivity index (χ4n) is 6.09. The summed E-state index contributed by atoms with van der Waals surface area (Å²) < 4.78 is 35.6. The number of anilines is 2. The van der Waals surface area contributed by atoms with Crippen LogP contribution in [-0.4, -0.2) is 77.8 Å². The van der Waals surface area contributed by atoms with Crippen LogP contribution in [0.5, 0.6) is 5.75 Å². The van der Waals surface area contributed by atoms with Crippen molar-refractivity contribution in [3.63, 3.8) is 0 Å². The molecule has 12 heteroatoms. The monoisotopic (exact) mass is 487 g/mol. The Morgan fingerprint density at radius 3 is 2.83 bits per heavy atom. The molecule has 1 aliphatic carbocycles. The van der Waals surface area contributed by atoms with E-state index in [1.54, 1.807) is 6.20 Å². The van der Waals surface area contributed by atoms with Gasteiger partial charge in [-0.25, -0.2) is 15.0 Å². The Bertz CT molecular complexity index is 1160. The Hall–Kier alpha value is -3.12. The van der Waals surface area contributed by atoms with Gasteiger partial charge in [-0.05, 0) is 31.2 Å². The fourth-order valence-corrected chi connectivity index (χ4v) is 6.09. The molecule has 0 spiro atoms. The normalized spacial score (nSPS) is 28.6. The molecule has 35 heavy (non-hydrogen) atoms. The number of carbonyl (C=O) groups is 1. The van der Waals surface area contributed by atoms with Gasteiger partial charge in [0.2, 0.25) is 11.9 Å². The van der Waals surface area contributed by atoms with Gasteiger partial charge in [0.05, 0.1) is 11.2 Å². The lowest BCUT2D eigenvalue weighted by atomic mass is 9.86. The number of pyridine rings is 1. The molecule has 6 heterocycles. The van der Waals surface area contributed by atoms with E-state index < -0.39 is 12.2 Å². The van der Waals surface area contributed by atoms with Gasteiger partial charge < -0.3 is 30.3 Å². The number of carbonyl (C=O) groups excluding carboxylic acids is 1. The van der Waals surface area contributed by atoms with Gasteiger partial charge in [-0.3, -0.25) is 4.79 Å². The minimum Gasteiger partial charge on any atom is -0.431 e. The Morgan fingerprint density at radius 2 is 2.14 bits per heavy atom. The van der Waals surface area contributed by atoms with E-state index in [0.29, 0.717) is 54.2 Å². The third-order valence-corrected chi connectivity index (χ3v) is 7.74. The molecule has 7 rings (SSSR count). The summed E-state index contributed by atoms with van der Waals surface area (Å²) in [6.45, 7) is -1.10. The van der Waals surface area contributed by atoms with Crippen molar-refractivity contribution < 1.29 is 23.0 Å². The quantitative estimate of drug-likeness (QED) is 0.597. The second-order valence-electron chi connectivity index (χ2n) is 9.81. The average Bonchev–Trinajstić information content (AvgIpc) is 3.59. The van der Waals surface area contributed by atoms with Gasteiger partial charge in [-0.15, -0.1) is 0 Å². The van der Waals surface area contributed by atoms with Crippen LogP contribution in [-0.2, 0) is 15.1 Å². The molecule has 1 saturated carbocycles. The molecule has 1 amide bonds. The maximum absolute atomic E-state index is 13.1. The molecule has 5 aliphatic rings. The Labute approximate surface area is 200 Å². The number of alkyl halides is 2. The highest BCUT2D eigenvalue weighted by Gasteiger charge is 2.56. The molecule has 5 fully saturated rings. The van der Waals surface area contributed by atoms with Crippen LogP contribution in [0.2, 0.25) is 0 Å². The summed E-state index contributed by atoms with van der Waals surface area (Å²) in [5.41, 5.74) is 6.81. The van der Waals surface area contributed by atoms with E-state index in [-0.39, 0.29) is 30.1 Å². The van der Waals surface area contributed by atoms with Crippen LogP contribution < -0.4 is 20.7 Å². The Balaban J connectivity index is 1.48. The SMILES string of the molecule is COCC(=O)N1CC2CC1(c1nc(N3CC4CC3C4)ncc1-c1cnc(N)c(OC(F)F)c1)CN2. The molecule has 4 aliphatic heterocycles. The zero-order chi connectivity index (χ0) is 24.3. The molecule has 0 radical (unpaired) electrons. The number of nitrogens with zero attached hydrogens (tertiary/aromatic N) is 5. The van der Waals surface area contributed by atoms with Crippen molar-refractivity contribution in [2.45, 2.75) is 43.5 Å². The first-order valence-corrected chi connectivity index (χ1v) is 11.8. The van der Waals surface area contributed by atoms with Gasteiger partial charge in [0.1, 0.15) is 6.61 Å². The number of nitrogens with one attached hydrogen (secondary N) is 1. The number of amides is 1. The van der Waals surface area contributed by atoms with Crippen molar-refractivity contribution in [1.29, 1.82) is 0 Å². The highest BCUT2D eigenvalue weighted by atomic mass is 19.3. The molecule has 2 atom stereocenters. The maximum atomic E-state index is 13.1. The van der Waals surface area contributed by atoms with Crippen LogP contribution in [0.25, 0.3) is 11.1 Å². The first kappa shape index (κ1) is 22.4. The summed E-state index contributed by atoms with van der Waals surface area (Å²) >= 11 is 0. The molecule has 186 valence electrons. The molecule has 0 aromatic carbocycles. The molecule has 2 aromatic rings. The highest BCUT2D eigenvalue weighted by molar-refractivity contribution is 5.80. The molecule has 4 bridgehead atoms. The third-order valence-electron chi connectivity index (χ3n) is 7.74. The predicted molar refractivity (Wildman–Crippen MR) is 122 cm³/mol. The first-order valence-electron chi connectivity index (χ1n) is 11.8. The summed E-state index contributed by atoms with van der Waals surface area (Å²) in [5.74, 6) is 0.826. The van der Waals surface area contributed by atoms with Crippen LogP contribution in [0, 0.1) is 5.92 Å². The molecule has 10 nitrogen and oxygen atoms in total. The van der Waals surface area contributed by atoms with E-state index in [1.807, 2.05) is 4.90 Å². The number of hydrogen-bond donors (Lipinski definition) is 2. The number of nitrogens with two attached hydrogens (primary N) is 1. The number of likely N-dealkylation sites (tertiary alicyclic amines) is 1. The van der Waals surface area contributed by atoms with Gasteiger partial charge in [-0.2, -0.15) is 8.78 Å². The average molecular weight is 488 g/mol. The highest BCUT2D eigenvalue weighted by Crippen LogP contribution is 2.48. The number of aromatic nitrogens is 3. The zero-order valence-electron chi connectivity index (χ0n) is 19.3. The summed E-state index contributed by atoms with van der Waals surface area (Å²) in [6.07, 6.45) is 6.16. The smallest absolute Gasteiger partial charge is 0.387 e. The molecule has 2 aromatic heterocycles.